The average Bonchev–Trinajstić information content (AvgIpc) is 3.30. The smallest absolute Gasteiger partial charge is 0.260 e. The van der Waals surface area contributed by atoms with E-state index in [-0.39, 0.29) is 17.9 Å². The molecular formula is C15H21F2N5O. The van der Waals surface area contributed by atoms with Crippen LogP contribution in [0, 0.1) is 11.8 Å². The summed E-state index contributed by atoms with van der Waals surface area (Å²) in [5.41, 5.74) is 0. The van der Waals surface area contributed by atoms with Gasteiger partial charge in [0.05, 0.1) is 0 Å². The van der Waals surface area contributed by atoms with E-state index in [0.717, 1.165) is 38.8 Å². The molecule has 23 heavy (non-hydrogen) atoms. The predicted octanol–water partition coefficient (Wildman–Crippen LogP) is 1.92. The number of amides is 1. The SMILES string of the molecule is O=C(C1CC1)N1CCC([C@@H]2C[C@H](C(F)F)n3ncnc3N2)CC1. The van der Waals surface area contributed by atoms with E-state index in [1.54, 1.807) is 0 Å². The molecule has 1 saturated heterocycles. The molecule has 1 aliphatic carbocycles. The quantitative estimate of drug-likeness (QED) is 0.922. The molecule has 3 heterocycles. The largest absolute Gasteiger partial charge is 0.351 e. The Bertz CT molecular complexity index is 580. The molecule has 2 aliphatic heterocycles. The number of piperidine rings is 1. The fourth-order valence-corrected chi connectivity index (χ4v) is 3.81. The lowest BCUT2D eigenvalue weighted by Gasteiger charge is -2.40. The summed E-state index contributed by atoms with van der Waals surface area (Å²) in [4.78, 5) is 18.1. The molecule has 1 aromatic heterocycles. The molecule has 0 unspecified atom stereocenters. The maximum atomic E-state index is 13.3. The maximum Gasteiger partial charge on any atom is 0.260 e. The van der Waals surface area contributed by atoms with Crippen LogP contribution < -0.4 is 5.32 Å². The number of anilines is 1. The summed E-state index contributed by atoms with van der Waals surface area (Å²) in [7, 11) is 0. The first-order valence-electron chi connectivity index (χ1n) is 8.36. The van der Waals surface area contributed by atoms with E-state index in [0.29, 0.717) is 18.3 Å². The van der Waals surface area contributed by atoms with Crippen LogP contribution in [0.4, 0.5) is 14.7 Å². The van der Waals surface area contributed by atoms with E-state index in [1.807, 2.05) is 4.90 Å². The Balaban J connectivity index is 1.40. The minimum Gasteiger partial charge on any atom is -0.351 e. The second-order valence-electron chi connectivity index (χ2n) is 6.85. The predicted molar refractivity (Wildman–Crippen MR) is 79.1 cm³/mol. The number of aromatic nitrogens is 3. The summed E-state index contributed by atoms with van der Waals surface area (Å²) < 4.78 is 27.9. The van der Waals surface area contributed by atoms with Crippen LogP contribution in [0.5, 0.6) is 0 Å². The monoisotopic (exact) mass is 325 g/mol. The maximum absolute atomic E-state index is 13.3. The van der Waals surface area contributed by atoms with E-state index >= 15 is 0 Å². The van der Waals surface area contributed by atoms with Crippen LogP contribution in [0.15, 0.2) is 6.33 Å². The van der Waals surface area contributed by atoms with Crippen LogP contribution in [0.25, 0.3) is 0 Å². The van der Waals surface area contributed by atoms with E-state index in [9.17, 15) is 13.6 Å². The Morgan fingerprint density at radius 3 is 2.65 bits per heavy atom. The molecule has 126 valence electrons. The molecule has 6 nitrogen and oxygen atoms in total. The van der Waals surface area contributed by atoms with Crippen molar-refractivity contribution in [2.24, 2.45) is 11.8 Å². The van der Waals surface area contributed by atoms with Gasteiger partial charge < -0.3 is 10.2 Å². The lowest BCUT2D eigenvalue weighted by atomic mass is 9.85. The molecule has 1 saturated carbocycles. The number of likely N-dealkylation sites (tertiary alicyclic amines) is 1. The molecule has 1 aromatic rings. The number of nitrogens with zero attached hydrogens (tertiary/aromatic N) is 4. The second kappa shape index (κ2) is 5.72. The van der Waals surface area contributed by atoms with Crippen LogP contribution in [-0.4, -0.2) is 51.1 Å². The van der Waals surface area contributed by atoms with Crippen molar-refractivity contribution in [2.45, 2.75) is 50.6 Å². The van der Waals surface area contributed by atoms with E-state index in [4.69, 9.17) is 0 Å². The second-order valence-corrected chi connectivity index (χ2v) is 6.85. The van der Waals surface area contributed by atoms with Gasteiger partial charge in [-0.1, -0.05) is 0 Å². The Morgan fingerprint density at radius 2 is 2.00 bits per heavy atom. The first-order chi connectivity index (χ1) is 11.1. The lowest BCUT2D eigenvalue weighted by molar-refractivity contribution is -0.134. The van der Waals surface area contributed by atoms with Gasteiger partial charge in [0.2, 0.25) is 11.9 Å². The third-order valence-corrected chi connectivity index (χ3v) is 5.33. The molecule has 0 aromatic carbocycles. The van der Waals surface area contributed by atoms with Crippen molar-refractivity contribution < 1.29 is 13.6 Å². The molecular weight excluding hydrogens is 304 g/mol. The standard InChI is InChI=1S/C15H21F2N5O/c16-13(17)12-7-11(20-15-18-8-19-22(12)15)9-3-5-21(6-4-9)14(23)10-1-2-10/h8-13H,1-7H2,(H,18,19,20)/t11-,12+/m0/s1. The highest BCUT2D eigenvalue weighted by Crippen LogP contribution is 2.37. The zero-order valence-electron chi connectivity index (χ0n) is 12.9. The Hall–Kier alpha value is -1.73. The van der Waals surface area contributed by atoms with Crippen LogP contribution in [0.1, 0.15) is 38.1 Å². The normalized spacial score (nSPS) is 28.6. The van der Waals surface area contributed by atoms with Gasteiger partial charge in [0.1, 0.15) is 12.4 Å². The van der Waals surface area contributed by atoms with Gasteiger partial charge in [-0.3, -0.25) is 4.79 Å². The Kier molecular flexibility index (Phi) is 3.69. The minimum atomic E-state index is -2.45. The third-order valence-electron chi connectivity index (χ3n) is 5.33. The molecule has 8 heteroatoms. The van der Waals surface area contributed by atoms with Crippen molar-refractivity contribution >= 4 is 11.9 Å². The van der Waals surface area contributed by atoms with E-state index in [1.165, 1.54) is 11.0 Å². The fourth-order valence-electron chi connectivity index (χ4n) is 3.81. The third kappa shape index (κ3) is 2.79. The zero-order chi connectivity index (χ0) is 16.0. The summed E-state index contributed by atoms with van der Waals surface area (Å²) >= 11 is 0. The highest BCUT2D eigenvalue weighted by molar-refractivity contribution is 5.81. The highest BCUT2D eigenvalue weighted by Gasteiger charge is 2.40. The molecule has 2 atom stereocenters. The number of alkyl halides is 2. The lowest BCUT2D eigenvalue weighted by Crippen LogP contribution is -2.46. The number of halogens is 2. The summed E-state index contributed by atoms with van der Waals surface area (Å²) in [5.74, 6) is 1.26. The minimum absolute atomic E-state index is 0.0242. The van der Waals surface area contributed by atoms with Gasteiger partial charge in [-0.05, 0) is 38.0 Å². The van der Waals surface area contributed by atoms with Crippen LogP contribution in [0.2, 0.25) is 0 Å². The van der Waals surface area contributed by atoms with Gasteiger partial charge in [-0.25, -0.2) is 13.5 Å². The Morgan fingerprint density at radius 1 is 1.26 bits per heavy atom. The molecule has 4 rings (SSSR count). The number of carbonyl (C=O) groups excluding carboxylic acids is 1. The van der Waals surface area contributed by atoms with Gasteiger partial charge in [0.15, 0.2) is 0 Å². The number of carbonyl (C=O) groups is 1. The van der Waals surface area contributed by atoms with Crippen molar-refractivity contribution in [1.82, 2.24) is 19.7 Å². The van der Waals surface area contributed by atoms with Crippen molar-refractivity contribution in [3.05, 3.63) is 6.33 Å². The molecule has 0 spiro atoms. The summed E-state index contributed by atoms with van der Waals surface area (Å²) in [6, 6.07) is -0.936. The molecule has 1 N–H and O–H groups in total. The Labute approximate surface area is 133 Å². The van der Waals surface area contributed by atoms with E-state index < -0.39 is 12.5 Å². The highest BCUT2D eigenvalue weighted by atomic mass is 19.3. The molecule has 2 fully saturated rings. The summed E-state index contributed by atoms with van der Waals surface area (Å²) in [5, 5.41) is 7.17. The van der Waals surface area contributed by atoms with Gasteiger partial charge in [-0.2, -0.15) is 10.1 Å². The number of rotatable bonds is 3. The van der Waals surface area contributed by atoms with Crippen LogP contribution in [0.3, 0.4) is 0 Å². The first-order valence-corrected chi connectivity index (χ1v) is 8.36. The average molecular weight is 325 g/mol. The number of hydrogen-bond acceptors (Lipinski definition) is 4. The number of nitrogens with one attached hydrogen (secondary N) is 1. The molecule has 0 bridgehead atoms. The topological polar surface area (TPSA) is 63.1 Å². The molecule has 1 amide bonds. The first kappa shape index (κ1) is 14.8. The van der Waals surface area contributed by atoms with Crippen LogP contribution in [-0.2, 0) is 4.79 Å². The van der Waals surface area contributed by atoms with Gasteiger partial charge >= 0.3 is 0 Å². The summed E-state index contributed by atoms with van der Waals surface area (Å²) in [6.07, 6.45) is 2.99. The van der Waals surface area contributed by atoms with Crippen LogP contribution >= 0.6 is 0 Å². The van der Waals surface area contributed by atoms with Crippen molar-refractivity contribution in [3.8, 4) is 0 Å². The molecule has 3 aliphatic rings. The zero-order valence-corrected chi connectivity index (χ0v) is 12.9. The van der Waals surface area contributed by atoms with Crippen molar-refractivity contribution in [1.29, 1.82) is 0 Å². The number of hydrogen-bond donors (Lipinski definition) is 1. The van der Waals surface area contributed by atoms with Crippen molar-refractivity contribution in [2.75, 3.05) is 18.4 Å². The van der Waals surface area contributed by atoms with Crippen molar-refractivity contribution in [3.63, 3.8) is 0 Å². The molecule has 0 radical (unpaired) electrons. The van der Waals surface area contributed by atoms with Gasteiger partial charge in [0.25, 0.3) is 6.43 Å². The summed E-state index contributed by atoms with van der Waals surface area (Å²) in [6.45, 7) is 1.48. The van der Waals surface area contributed by atoms with E-state index in [2.05, 4.69) is 15.4 Å². The van der Waals surface area contributed by atoms with Gasteiger partial charge in [-0.15, -0.1) is 0 Å². The van der Waals surface area contributed by atoms with Gasteiger partial charge in [0, 0.05) is 25.0 Å². The fraction of sp³-hybridized carbons (Fsp3) is 0.800. The number of fused-ring (bicyclic) bond motifs is 1.